The van der Waals surface area contributed by atoms with Gasteiger partial charge in [0.25, 0.3) is 0 Å². The smallest absolute Gasteiger partial charge is 0.0994 e. The van der Waals surface area contributed by atoms with Crippen LogP contribution in [0, 0.1) is 5.92 Å². The largest absolute Gasteiger partial charge is 0.381 e. The first kappa shape index (κ1) is 16.7. The molecule has 1 aliphatic carbocycles. The van der Waals surface area contributed by atoms with Crippen LogP contribution in [0.4, 0.5) is 0 Å². The molecule has 0 aromatic rings. The van der Waals surface area contributed by atoms with Crippen LogP contribution < -0.4 is 0 Å². The van der Waals surface area contributed by atoms with Crippen LogP contribution in [0.15, 0.2) is 0 Å². The fourth-order valence-corrected chi connectivity index (χ4v) is 3.77. The highest BCUT2D eigenvalue weighted by molar-refractivity contribution is 4.81. The van der Waals surface area contributed by atoms with E-state index in [0.29, 0.717) is 12.2 Å². The Labute approximate surface area is 135 Å². The number of hydrogen-bond donors (Lipinski definition) is 0. The van der Waals surface area contributed by atoms with Gasteiger partial charge in [0.15, 0.2) is 0 Å². The highest BCUT2D eigenvalue weighted by Gasteiger charge is 2.30. The standard InChI is InChI=1S/C17H33N3O2/c1-18-5-3-15(4-6-18)13-19-7-9-20(10-8-19)14-22-17-11-16(12-17)21-2/h15-17H,3-14H2,1-2H3. The van der Waals surface area contributed by atoms with Gasteiger partial charge < -0.3 is 19.3 Å². The number of methoxy groups -OCH3 is 1. The first-order valence-corrected chi connectivity index (χ1v) is 9.00. The number of piperazine rings is 1. The quantitative estimate of drug-likeness (QED) is 0.732. The Kier molecular flexibility index (Phi) is 6.10. The average molecular weight is 311 g/mol. The second kappa shape index (κ2) is 8.06. The molecule has 5 heteroatoms. The summed E-state index contributed by atoms with van der Waals surface area (Å²) in [4.78, 5) is 7.59. The van der Waals surface area contributed by atoms with Gasteiger partial charge in [-0.3, -0.25) is 4.90 Å². The Morgan fingerprint density at radius 3 is 2.14 bits per heavy atom. The van der Waals surface area contributed by atoms with Crippen molar-refractivity contribution in [2.75, 3.05) is 66.7 Å². The van der Waals surface area contributed by atoms with E-state index < -0.39 is 0 Å². The number of likely N-dealkylation sites (tertiary alicyclic amines) is 1. The molecule has 0 amide bonds. The predicted molar refractivity (Wildman–Crippen MR) is 88.0 cm³/mol. The van der Waals surface area contributed by atoms with E-state index in [1.807, 2.05) is 0 Å². The summed E-state index contributed by atoms with van der Waals surface area (Å²) >= 11 is 0. The van der Waals surface area contributed by atoms with E-state index in [-0.39, 0.29) is 0 Å². The molecule has 0 atom stereocenters. The Morgan fingerprint density at radius 2 is 1.50 bits per heavy atom. The number of nitrogens with zero attached hydrogens (tertiary/aromatic N) is 3. The van der Waals surface area contributed by atoms with Gasteiger partial charge in [0.05, 0.1) is 18.9 Å². The van der Waals surface area contributed by atoms with Gasteiger partial charge in [0, 0.05) is 52.7 Å². The molecule has 3 aliphatic rings. The molecule has 2 aliphatic heterocycles. The maximum atomic E-state index is 5.97. The summed E-state index contributed by atoms with van der Waals surface area (Å²) in [5, 5.41) is 0. The summed E-state index contributed by atoms with van der Waals surface area (Å²) in [5.41, 5.74) is 0. The molecule has 3 fully saturated rings. The zero-order chi connectivity index (χ0) is 15.4. The summed E-state index contributed by atoms with van der Waals surface area (Å²) in [6.07, 6.45) is 5.78. The van der Waals surface area contributed by atoms with Crippen molar-refractivity contribution >= 4 is 0 Å². The van der Waals surface area contributed by atoms with Crippen molar-refractivity contribution in [1.82, 2.24) is 14.7 Å². The first-order valence-electron chi connectivity index (χ1n) is 9.00. The number of hydrogen-bond acceptors (Lipinski definition) is 5. The van der Waals surface area contributed by atoms with Gasteiger partial charge in [0.1, 0.15) is 0 Å². The third kappa shape index (κ3) is 4.65. The highest BCUT2D eigenvalue weighted by Crippen LogP contribution is 2.25. The third-order valence-electron chi connectivity index (χ3n) is 5.70. The lowest BCUT2D eigenvalue weighted by Crippen LogP contribution is -2.50. The van der Waals surface area contributed by atoms with Gasteiger partial charge in [-0.2, -0.15) is 0 Å². The molecule has 3 rings (SSSR count). The van der Waals surface area contributed by atoms with Crippen LogP contribution >= 0.6 is 0 Å². The van der Waals surface area contributed by atoms with Crippen molar-refractivity contribution in [3.05, 3.63) is 0 Å². The molecule has 0 radical (unpaired) electrons. The van der Waals surface area contributed by atoms with Crippen molar-refractivity contribution in [3.8, 4) is 0 Å². The van der Waals surface area contributed by atoms with E-state index >= 15 is 0 Å². The summed E-state index contributed by atoms with van der Waals surface area (Å²) in [5.74, 6) is 0.917. The van der Waals surface area contributed by atoms with Crippen molar-refractivity contribution < 1.29 is 9.47 Å². The molecular weight excluding hydrogens is 278 g/mol. The van der Waals surface area contributed by atoms with Crippen LogP contribution in [0.25, 0.3) is 0 Å². The molecule has 128 valence electrons. The monoisotopic (exact) mass is 311 g/mol. The van der Waals surface area contributed by atoms with Crippen LogP contribution in [0.2, 0.25) is 0 Å². The molecule has 0 unspecified atom stereocenters. The normalized spacial score (nSPS) is 33.0. The molecule has 2 saturated heterocycles. The van der Waals surface area contributed by atoms with Crippen LogP contribution in [-0.4, -0.2) is 93.6 Å². The summed E-state index contributed by atoms with van der Waals surface area (Å²) < 4.78 is 11.3. The third-order valence-corrected chi connectivity index (χ3v) is 5.70. The number of piperidine rings is 1. The van der Waals surface area contributed by atoms with Crippen LogP contribution in [0.1, 0.15) is 25.7 Å². The Balaban J connectivity index is 1.26. The SMILES string of the molecule is COC1CC(OCN2CCN(CC3CCN(C)CC3)CC2)C1. The van der Waals surface area contributed by atoms with Gasteiger partial charge in [-0.05, 0) is 38.9 Å². The zero-order valence-electron chi connectivity index (χ0n) is 14.4. The lowest BCUT2D eigenvalue weighted by molar-refractivity contribution is -0.118. The van der Waals surface area contributed by atoms with Gasteiger partial charge in [-0.1, -0.05) is 0 Å². The minimum Gasteiger partial charge on any atom is -0.381 e. The Hall–Kier alpha value is -0.200. The van der Waals surface area contributed by atoms with Crippen molar-refractivity contribution in [3.63, 3.8) is 0 Å². The van der Waals surface area contributed by atoms with Gasteiger partial charge in [0.2, 0.25) is 0 Å². The van der Waals surface area contributed by atoms with Gasteiger partial charge >= 0.3 is 0 Å². The maximum Gasteiger partial charge on any atom is 0.0994 e. The van der Waals surface area contributed by atoms with Gasteiger partial charge in [-0.25, -0.2) is 0 Å². The van der Waals surface area contributed by atoms with E-state index in [1.54, 1.807) is 7.11 Å². The van der Waals surface area contributed by atoms with Gasteiger partial charge in [-0.15, -0.1) is 0 Å². The summed E-state index contributed by atoms with van der Waals surface area (Å²) in [6.45, 7) is 9.41. The minimum absolute atomic E-state index is 0.433. The fourth-order valence-electron chi connectivity index (χ4n) is 3.77. The molecule has 0 bridgehead atoms. The molecule has 0 N–H and O–H groups in total. The van der Waals surface area contributed by atoms with E-state index in [1.165, 1.54) is 45.6 Å². The Morgan fingerprint density at radius 1 is 0.864 bits per heavy atom. The molecule has 5 nitrogen and oxygen atoms in total. The summed E-state index contributed by atoms with van der Waals surface area (Å²) in [6, 6.07) is 0. The second-order valence-corrected chi connectivity index (χ2v) is 7.41. The molecule has 22 heavy (non-hydrogen) atoms. The molecule has 2 heterocycles. The Bertz CT molecular complexity index is 320. The zero-order valence-corrected chi connectivity index (χ0v) is 14.4. The highest BCUT2D eigenvalue weighted by atomic mass is 16.5. The van der Waals surface area contributed by atoms with E-state index in [9.17, 15) is 0 Å². The predicted octanol–water partition coefficient (Wildman–Crippen LogP) is 1.10. The second-order valence-electron chi connectivity index (χ2n) is 7.41. The number of rotatable bonds is 6. The molecule has 0 aromatic heterocycles. The van der Waals surface area contributed by atoms with Crippen molar-refractivity contribution in [2.45, 2.75) is 37.9 Å². The molecular formula is C17H33N3O2. The van der Waals surface area contributed by atoms with E-state index in [4.69, 9.17) is 9.47 Å². The number of ether oxygens (including phenoxy) is 2. The maximum absolute atomic E-state index is 5.97. The topological polar surface area (TPSA) is 28.2 Å². The lowest BCUT2D eigenvalue weighted by atomic mass is 9.92. The van der Waals surface area contributed by atoms with Crippen molar-refractivity contribution in [1.29, 1.82) is 0 Å². The van der Waals surface area contributed by atoms with E-state index in [2.05, 4.69) is 21.7 Å². The molecule has 0 aromatic carbocycles. The molecule has 0 spiro atoms. The van der Waals surface area contributed by atoms with Crippen LogP contribution in [0.3, 0.4) is 0 Å². The first-order chi connectivity index (χ1) is 10.7. The van der Waals surface area contributed by atoms with Crippen LogP contribution in [-0.2, 0) is 9.47 Å². The van der Waals surface area contributed by atoms with Crippen molar-refractivity contribution in [2.24, 2.45) is 5.92 Å². The molecule has 1 saturated carbocycles. The lowest BCUT2D eigenvalue weighted by Gasteiger charge is -2.40. The summed E-state index contributed by atoms with van der Waals surface area (Å²) in [7, 11) is 4.04. The fraction of sp³-hybridized carbons (Fsp3) is 1.00. The van der Waals surface area contributed by atoms with E-state index in [0.717, 1.165) is 38.6 Å². The average Bonchev–Trinajstić information content (AvgIpc) is 2.50. The van der Waals surface area contributed by atoms with Crippen LogP contribution in [0.5, 0.6) is 0 Å². The minimum atomic E-state index is 0.433.